The molecule has 0 fully saturated rings. The fraction of sp³-hybridized carbons (Fsp3) is 0.100. The van der Waals surface area contributed by atoms with Gasteiger partial charge in [-0.05, 0) is 123 Å². The Hall–Kier alpha value is -9.45. The third kappa shape index (κ3) is 9.42. The molecule has 0 saturated carbocycles. The molecule has 7 heteroatoms. The van der Waals surface area contributed by atoms with E-state index in [1.165, 1.54) is 20.7 Å². The van der Waals surface area contributed by atoms with Gasteiger partial charge < -0.3 is 13.9 Å². The standard InChI is InChI=1S/C80H62N4OSi.Pt/c1-79(2,3)56-45-46-81-76(49-56)84-73-44-42-63(86(60-29-13-8-14-30-60,61-31-15-9-16-32-61)62-33-17-10-18-34-62)52-70(73)68-43-41-59(51-74(68)84)85-58-28-23-27-57(50-58)82-53-83-77-69(39-24-40-72(77)80(4,5)6)66-37-21-19-35-64(66)65-36-20-22-38-67(65)71-47-55(48-75(82)78(71)83)54-25-11-7-12-26-54;/h7-49,52H,1-6H3;/q-2;/i7D,11D,12D,25D,26D;. The van der Waals surface area contributed by atoms with Crippen LogP contribution in [-0.2, 0) is 31.9 Å². The molecule has 4 heterocycles. The number of fused-ring (bicyclic) bond motifs is 10. The van der Waals surface area contributed by atoms with Crippen LogP contribution in [0.15, 0.2) is 267 Å². The fourth-order valence-electron chi connectivity index (χ4n) is 13.1. The SMILES string of the molecule is [2H]c1c([2H])c([2H])c(-c2cc3c4c(c2)n(-c2[c-]c(Oc5[c-]c6c(cc5)c5cc([Si](c7ccccc7)(c7ccccc7)c7ccccc7)ccc5n6-c5cc(C(C)(C)C)ccn5)ccc2)[c-][n+]4-c2c(cccc2C(C)(C)C)-c2ccccc2-c2ccccc2-3)c([2H])c1[2H].[Pt]. The predicted molar refractivity (Wildman–Crippen MR) is 356 cm³/mol. The fourth-order valence-corrected chi connectivity index (χ4v) is 17.9. The Kier molecular flexibility index (Phi) is 12.5. The summed E-state index contributed by atoms with van der Waals surface area (Å²) in [6.07, 6.45) is 5.76. The van der Waals surface area contributed by atoms with Crippen molar-refractivity contribution < 1.29 is 37.2 Å². The molecule has 5 nitrogen and oxygen atoms in total. The summed E-state index contributed by atoms with van der Waals surface area (Å²) in [4.78, 5) is 5.08. The molecule has 14 aromatic rings. The van der Waals surface area contributed by atoms with Crippen LogP contribution in [0, 0.1) is 18.5 Å². The Bertz CT molecular complexity index is 5120. The number of ether oxygens (including phenoxy) is 1. The summed E-state index contributed by atoms with van der Waals surface area (Å²) in [5, 5.41) is 7.18. The van der Waals surface area contributed by atoms with Gasteiger partial charge in [0.25, 0.3) is 6.33 Å². The number of para-hydroxylation sites is 1. The second-order valence-electron chi connectivity index (χ2n) is 24.4. The third-order valence-corrected chi connectivity index (χ3v) is 21.9. The van der Waals surface area contributed by atoms with E-state index >= 15 is 0 Å². The molecule has 0 atom stereocenters. The van der Waals surface area contributed by atoms with E-state index in [1.807, 2.05) is 59.3 Å². The topological polar surface area (TPSA) is 35.9 Å². The molecule has 1 aliphatic heterocycles. The summed E-state index contributed by atoms with van der Waals surface area (Å²) in [6, 6.07) is 86.9. The molecule has 1 aliphatic rings. The largest absolute Gasteiger partial charge is 0.510 e. The first-order chi connectivity index (χ1) is 44.0. The van der Waals surface area contributed by atoms with Gasteiger partial charge in [-0.25, -0.2) is 4.98 Å². The number of hydrogen-bond acceptors (Lipinski definition) is 2. The van der Waals surface area contributed by atoms with E-state index < -0.39 is 26.2 Å². The van der Waals surface area contributed by atoms with Gasteiger partial charge in [-0.3, -0.25) is 4.57 Å². The van der Waals surface area contributed by atoms with Crippen molar-refractivity contribution in [3.8, 4) is 73.2 Å². The van der Waals surface area contributed by atoms with E-state index in [-0.39, 0.29) is 49.5 Å². The van der Waals surface area contributed by atoms with Gasteiger partial charge in [0.05, 0.1) is 23.6 Å². The first kappa shape index (κ1) is 49.8. The Morgan fingerprint density at radius 3 is 1.70 bits per heavy atom. The minimum atomic E-state index is -2.93. The van der Waals surface area contributed by atoms with Crippen LogP contribution in [0.2, 0.25) is 0 Å². The molecule has 0 aliphatic carbocycles. The monoisotopic (exact) mass is 1320 g/mol. The van der Waals surface area contributed by atoms with Crippen molar-refractivity contribution in [2.45, 2.75) is 52.4 Å². The Morgan fingerprint density at radius 1 is 0.483 bits per heavy atom. The Labute approximate surface area is 531 Å². The van der Waals surface area contributed by atoms with Gasteiger partial charge in [-0.2, -0.15) is 18.2 Å². The smallest absolute Gasteiger partial charge is 0.268 e. The van der Waals surface area contributed by atoms with E-state index in [4.69, 9.17) is 13.8 Å². The van der Waals surface area contributed by atoms with E-state index in [0.29, 0.717) is 28.3 Å². The molecular weight excluding hydrogens is 1260 g/mol. The Balaban J connectivity index is 0.00000735. The van der Waals surface area contributed by atoms with Crippen molar-refractivity contribution in [3.63, 3.8) is 0 Å². The molecule has 0 N–H and O–H groups in total. The first-order valence-corrected chi connectivity index (χ1v) is 31.3. The van der Waals surface area contributed by atoms with Crippen molar-refractivity contribution in [1.82, 2.24) is 14.1 Å². The molecule has 0 saturated heterocycles. The minimum Gasteiger partial charge on any atom is -0.510 e. The van der Waals surface area contributed by atoms with Crippen LogP contribution in [0.5, 0.6) is 11.5 Å². The third-order valence-electron chi connectivity index (χ3n) is 17.1. The van der Waals surface area contributed by atoms with E-state index in [0.717, 1.165) is 83.3 Å². The zero-order valence-corrected chi connectivity index (χ0v) is 52.3. The molecule has 424 valence electrons. The van der Waals surface area contributed by atoms with Gasteiger partial charge in [0.2, 0.25) is 0 Å². The van der Waals surface area contributed by atoms with Crippen LogP contribution in [0.4, 0.5) is 0 Å². The maximum absolute atomic E-state index is 9.32. The zero-order chi connectivity index (χ0) is 62.7. The molecule has 0 radical (unpaired) electrons. The number of imidazole rings is 1. The summed E-state index contributed by atoms with van der Waals surface area (Å²) in [5.74, 6) is 1.67. The second kappa shape index (κ2) is 21.8. The second-order valence-corrected chi connectivity index (χ2v) is 28.2. The van der Waals surface area contributed by atoms with Crippen molar-refractivity contribution in [3.05, 3.63) is 297 Å². The van der Waals surface area contributed by atoms with Gasteiger partial charge in [-0.1, -0.05) is 253 Å². The minimum absolute atomic E-state index is 0. The van der Waals surface area contributed by atoms with Gasteiger partial charge in [0, 0.05) is 44.3 Å². The molecule has 0 unspecified atom stereocenters. The van der Waals surface area contributed by atoms with Crippen LogP contribution in [0.3, 0.4) is 0 Å². The molecule has 0 bridgehead atoms. The van der Waals surface area contributed by atoms with Gasteiger partial charge in [0.15, 0.2) is 8.07 Å². The van der Waals surface area contributed by atoms with Crippen molar-refractivity contribution in [2.24, 2.45) is 0 Å². The van der Waals surface area contributed by atoms with E-state index in [9.17, 15) is 2.74 Å². The Morgan fingerprint density at radius 2 is 1.07 bits per heavy atom. The van der Waals surface area contributed by atoms with Crippen molar-refractivity contribution >= 4 is 61.7 Å². The van der Waals surface area contributed by atoms with Crippen LogP contribution in [0.1, 0.15) is 59.5 Å². The van der Waals surface area contributed by atoms with Crippen LogP contribution >= 0.6 is 0 Å². The van der Waals surface area contributed by atoms with Gasteiger partial charge >= 0.3 is 0 Å². The summed E-state index contributed by atoms with van der Waals surface area (Å²) in [5.41, 5.74) is 12.9. The van der Waals surface area contributed by atoms with Crippen LogP contribution in [0.25, 0.3) is 94.5 Å². The quantitative estimate of drug-likeness (QED) is 0.0625. The summed E-state index contributed by atoms with van der Waals surface area (Å²) in [6.45, 7) is 13.3. The van der Waals surface area contributed by atoms with Crippen molar-refractivity contribution in [2.75, 3.05) is 0 Å². The summed E-state index contributed by atoms with van der Waals surface area (Å²) < 4.78 is 58.2. The molecule has 3 aromatic heterocycles. The zero-order valence-electron chi connectivity index (χ0n) is 54.0. The number of nitrogens with zero attached hydrogens (tertiary/aromatic N) is 4. The molecule has 87 heavy (non-hydrogen) atoms. The molecule has 11 aromatic carbocycles. The number of hydrogen-bond donors (Lipinski definition) is 0. The number of aromatic nitrogens is 4. The number of rotatable bonds is 9. The molecule has 0 amide bonds. The van der Waals surface area contributed by atoms with E-state index in [1.54, 1.807) is 0 Å². The number of pyridine rings is 1. The summed E-state index contributed by atoms with van der Waals surface area (Å²) >= 11 is 0. The predicted octanol–water partition coefficient (Wildman–Crippen LogP) is 16.5. The molecular formula is C80H62N4OPtSi-2. The maximum Gasteiger partial charge on any atom is 0.268 e. The summed E-state index contributed by atoms with van der Waals surface area (Å²) in [7, 11) is -2.93. The first-order valence-electron chi connectivity index (χ1n) is 31.8. The number of benzene rings is 11. The van der Waals surface area contributed by atoms with Crippen molar-refractivity contribution in [1.29, 1.82) is 0 Å². The molecule has 15 rings (SSSR count). The van der Waals surface area contributed by atoms with Gasteiger partial charge in [-0.15, -0.1) is 29.7 Å². The van der Waals surface area contributed by atoms with Gasteiger partial charge in [0.1, 0.15) is 5.82 Å². The maximum atomic E-state index is 9.32. The molecule has 0 spiro atoms. The normalized spacial score (nSPS) is 13.0. The van der Waals surface area contributed by atoms with E-state index in [2.05, 4.69) is 251 Å². The average Bonchev–Trinajstić information content (AvgIpc) is 1.51. The van der Waals surface area contributed by atoms with Crippen LogP contribution < -0.4 is 30.1 Å². The van der Waals surface area contributed by atoms with Crippen LogP contribution in [-0.4, -0.2) is 22.2 Å². The average molecular weight is 1320 g/mol.